The molecule has 6 nitrogen and oxygen atoms in total. The molecule has 3 rings (SSSR count). The Kier molecular flexibility index (Phi) is 8.81. The Morgan fingerprint density at radius 3 is 2.70 bits per heavy atom. The van der Waals surface area contributed by atoms with E-state index in [1.807, 2.05) is 0 Å². The number of aliphatic imine (C=N–C) groups is 1. The molecule has 0 spiro atoms. The highest BCUT2D eigenvalue weighted by Crippen LogP contribution is 2.21. The Morgan fingerprint density at radius 2 is 2.04 bits per heavy atom. The van der Waals surface area contributed by atoms with E-state index in [0.717, 1.165) is 38.4 Å². The minimum atomic E-state index is -3.03. The fourth-order valence-corrected chi connectivity index (χ4v) is 5.29. The van der Waals surface area contributed by atoms with E-state index in [-0.39, 0.29) is 29.7 Å². The van der Waals surface area contributed by atoms with Crippen LogP contribution in [-0.2, 0) is 16.4 Å². The Labute approximate surface area is 180 Å². The van der Waals surface area contributed by atoms with Crippen molar-refractivity contribution in [3.63, 3.8) is 0 Å². The lowest BCUT2D eigenvalue weighted by molar-refractivity contribution is 0.442. The molecule has 0 aliphatic carbocycles. The highest BCUT2D eigenvalue weighted by Gasteiger charge is 2.28. The van der Waals surface area contributed by atoms with Gasteiger partial charge < -0.3 is 10.2 Å². The molecule has 8 heteroatoms. The standard InChI is InChI=1S/C19H30N4O2S.HI/c1-2-20-19(21-10-13-23-11-6-14-26(23,24)25)22-12-9-18(16-22)15-17-7-4-3-5-8-17;/h3-5,7-8,18H,2,6,9-16H2,1H3,(H,20,21);1H. The van der Waals surface area contributed by atoms with E-state index in [4.69, 9.17) is 4.99 Å². The maximum atomic E-state index is 11.9. The predicted octanol–water partition coefficient (Wildman–Crippen LogP) is 2.17. The van der Waals surface area contributed by atoms with Gasteiger partial charge in [0.2, 0.25) is 10.0 Å². The van der Waals surface area contributed by atoms with E-state index in [1.54, 1.807) is 4.31 Å². The van der Waals surface area contributed by atoms with Crippen LogP contribution in [0.25, 0.3) is 0 Å². The van der Waals surface area contributed by atoms with Gasteiger partial charge in [-0.2, -0.15) is 0 Å². The molecular weight excluding hydrogens is 475 g/mol. The number of halogens is 1. The van der Waals surface area contributed by atoms with Gasteiger partial charge in [0.1, 0.15) is 0 Å². The molecule has 0 amide bonds. The third kappa shape index (κ3) is 6.32. The van der Waals surface area contributed by atoms with Crippen molar-refractivity contribution in [3.8, 4) is 0 Å². The molecule has 2 aliphatic heterocycles. The minimum Gasteiger partial charge on any atom is -0.357 e. The fraction of sp³-hybridized carbons (Fsp3) is 0.632. The van der Waals surface area contributed by atoms with Crippen molar-refractivity contribution in [2.45, 2.75) is 26.2 Å². The second-order valence-electron chi connectivity index (χ2n) is 7.09. The Balaban J connectivity index is 0.00000261. The quantitative estimate of drug-likeness (QED) is 0.365. The number of sulfonamides is 1. The summed E-state index contributed by atoms with van der Waals surface area (Å²) in [5, 5.41) is 3.36. The molecule has 1 aromatic carbocycles. The summed E-state index contributed by atoms with van der Waals surface area (Å²) in [6.45, 7) is 6.53. The lowest BCUT2D eigenvalue weighted by Gasteiger charge is -2.22. The van der Waals surface area contributed by atoms with Crippen molar-refractivity contribution < 1.29 is 8.42 Å². The van der Waals surface area contributed by atoms with Crippen LogP contribution in [0.4, 0.5) is 0 Å². The first-order valence-corrected chi connectivity index (χ1v) is 11.2. The largest absolute Gasteiger partial charge is 0.357 e. The van der Waals surface area contributed by atoms with E-state index < -0.39 is 10.0 Å². The molecule has 0 aromatic heterocycles. The monoisotopic (exact) mass is 506 g/mol. The lowest BCUT2D eigenvalue weighted by Crippen LogP contribution is -2.40. The number of benzene rings is 1. The van der Waals surface area contributed by atoms with Crippen LogP contribution in [0.1, 0.15) is 25.3 Å². The second-order valence-corrected chi connectivity index (χ2v) is 9.18. The predicted molar refractivity (Wildman–Crippen MR) is 121 cm³/mol. The van der Waals surface area contributed by atoms with Crippen molar-refractivity contribution >= 4 is 40.0 Å². The Hall–Kier alpha value is -0.870. The third-order valence-corrected chi connectivity index (χ3v) is 7.06. The van der Waals surface area contributed by atoms with Crippen molar-refractivity contribution in [2.75, 3.05) is 45.0 Å². The smallest absolute Gasteiger partial charge is 0.214 e. The van der Waals surface area contributed by atoms with Gasteiger partial charge in [-0.3, -0.25) is 4.99 Å². The average molecular weight is 506 g/mol. The first-order valence-electron chi connectivity index (χ1n) is 9.63. The molecule has 2 fully saturated rings. The van der Waals surface area contributed by atoms with E-state index in [0.29, 0.717) is 25.6 Å². The summed E-state index contributed by atoms with van der Waals surface area (Å²) in [6, 6.07) is 10.6. The van der Waals surface area contributed by atoms with Gasteiger partial charge in [0.15, 0.2) is 5.96 Å². The normalized spacial score (nSPS) is 22.6. The minimum absolute atomic E-state index is 0. The third-order valence-electron chi connectivity index (χ3n) is 5.10. The summed E-state index contributed by atoms with van der Waals surface area (Å²) in [6.07, 6.45) is 3.00. The molecule has 27 heavy (non-hydrogen) atoms. The lowest BCUT2D eigenvalue weighted by atomic mass is 9.99. The number of hydrogen-bond donors (Lipinski definition) is 1. The zero-order chi connectivity index (χ0) is 18.4. The van der Waals surface area contributed by atoms with Crippen molar-refractivity contribution in [1.29, 1.82) is 0 Å². The summed E-state index contributed by atoms with van der Waals surface area (Å²) in [7, 11) is -3.03. The van der Waals surface area contributed by atoms with Gasteiger partial charge in [-0.05, 0) is 37.7 Å². The Bertz CT molecular complexity index is 712. The van der Waals surface area contributed by atoms with Crippen LogP contribution in [0.3, 0.4) is 0 Å². The van der Waals surface area contributed by atoms with E-state index in [1.165, 1.54) is 12.0 Å². The highest BCUT2D eigenvalue weighted by molar-refractivity contribution is 14.0. The maximum Gasteiger partial charge on any atom is 0.214 e. The number of likely N-dealkylation sites (tertiary alicyclic amines) is 1. The van der Waals surface area contributed by atoms with Gasteiger partial charge in [-0.1, -0.05) is 30.3 Å². The molecule has 1 unspecified atom stereocenters. The summed E-state index contributed by atoms with van der Waals surface area (Å²) >= 11 is 0. The van der Waals surface area contributed by atoms with Crippen LogP contribution in [0.2, 0.25) is 0 Å². The molecule has 0 saturated carbocycles. The SMILES string of the molecule is CCNC(=NCCN1CCCS1(=O)=O)N1CCC(Cc2ccccc2)C1.I. The van der Waals surface area contributed by atoms with Crippen molar-refractivity contribution in [2.24, 2.45) is 10.9 Å². The molecule has 1 aromatic rings. The number of hydrogen-bond acceptors (Lipinski definition) is 3. The van der Waals surface area contributed by atoms with Crippen LogP contribution in [-0.4, -0.2) is 68.6 Å². The first-order chi connectivity index (χ1) is 12.6. The topological polar surface area (TPSA) is 65.0 Å². The number of rotatable bonds is 6. The number of nitrogens with zero attached hydrogens (tertiary/aromatic N) is 3. The van der Waals surface area contributed by atoms with Gasteiger partial charge in [0, 0.05) is 32.7 Å². The molecule has 0 radical (unpaired) electrons. The van der Waals surface area contributed by atoms with Gasteiger partial charge in [-0.15, -0.1) is 24.0 Å². The highest BCUT2D eigenvalue weighted by atomic mass is 127. The van der Waals surface area contributed by atoms with Gasteiger partial charge in [-0.25, -0.2) is 12.7 Å². The Morgan fingerprint density at radius 1 is 1.26 bits per heavy atom. The summed E-state index contributed by atoms with van der Waals surface area (Å²) in [5.74, 6) is 1.84. The van der Waals surface area contributed by atoms with Gasteiger partial charge in [0.25, 0.3) is 0 Å². The zero-order valence-electron chi connectivity index (χ0n) is 16.0. The van der Waals surface area contributed by atoms with Crippen LogP contribution in [0, 0.1) is 5.92 Å². The van der Waals surface area contributed by atoms with Gasteiger partial charge in [0.05, 0.1) is 12.3 Å². The van der Waals surface area contributed by atoms with Gasteiger partial charge >= 0.3 is 0 Å². The van der Waals surface area contributed by atoms with Crippen molar-refractivity contribution in [3.05, 3.63) is 35.9 Å². The van der Waals surface area contributed by atoms with Crippen molar-refractivity contribution in [1.82, 2.24) is 14.5 Å². The second kappa shape index (κ2) is 10.6. The molecule has 2 saturated heterocycles. The van der Waals surface area contributed by atoms with E-state index in [9.17, 15) is 8.42 Å². The molecular formula is C19H31IN4O2S. The number of guanidine groups is 1. The average Bonchev–Trinajstić information content (AvgIpc) is 3.21. The zero-order valence-corrected chi connectivity index (χ0v) is 19.2. The molecule has 2 aliphatic rings. The molecule has 1 atom stereocenters. The molecule has 152 valence electrons. The molecule has 2 heterocycles. The van der Waals surface area contributed by atoms with Crippen LogP contribution < -0.4 is 5.32 Å². The van der Waals surface area contributed by atoms with E-state index >= 15 is 0 Å². The molecule has 0 bridgehead atoms. The number of nitrogens with one attached hydrogen (secondary N) is 1. The summed E-state index contributed by atoms with van der Waals surface area (Å²) in [5.41, 5.74) is 1.39. The fourth-order valence-electron chi connectivity index (χ4n) is 3.77. The first kappa shape index (κ1) is 22.4. The summed E-state index contributed by atoms with van der Waals surface area (Å²) in [4.78, 5) is 7.01. The molecule has 1 N–H and O–H groups in total. The van der Waals surface area contributed by atoms with Crippen LogP contribution in [0.5, 0.6) is 0 Å². The van der Waals surface area contributed by atoms with E-state index in [2.05, 4.69) is 47.5 Å². The van der Waals surface area contributed by atoms with Crippen LogP contribution in [0.15, 0.2) is 35.3 Å². The summed E-state index contributed by atoms with van der Waals surface area (Å²) < 4.78 is 25.3. The van der Waals surface area contributed by atoms with Crippen LogP contribution >= 0.6 is 24.0 Å². The maximum absolute atomic E-state index is 11.9.